The van der Waals surface area contributed by atoms with Gasteiger partial charge >= 0.3 is 0 Å². The Morgan fingerprint density at radius 2 is 2.28 bits per heavy atom. The maximum absolute atomic E-state index is 9.77. The highest BCUT2D eigenvalue weighted by molar-refractivity contribution is 14.1. The Kier molecular flexibility index (Phi) is 5.14. The van der Waals surface area contributed by atoms with E-state index < -0.39 is 6.10 Å². The highest BCUT2D eigenvalue weighted by Gasteiger charge is 2.07. The summed E-state index contributed by atoms with van der Waals surface area (Å²) < 4.78 is 14.1. The van der Waals surface area contributed by atoms with Crippen molar-refractivity contribution < 1.29 is 9.84 Å². The minimum atomic E-state index is -0.595. The number of aliphatic hydroxyl groups is 1. The molecule has 1 aromatic carbocycles. The minimum absolute atomic E-state index is 0.196. The number of rotatable bonds is 6. The SMILES string of the molecule is OC(CNc1ccccc1I)COc1cnsn1. The first kappa shape index (κ1) is 13.5. The van der Waals surface area contributed by atoms with Crippen LogP contribution >= 0.6 is 34.3 Å². The summed E-state index contributed by atoms with van der Waals surface area (Å²) >= 11 is 3.32. The van der Waals surface area contributed by atoms with Crippen LogP contribution < -0.4 is 10.1 Å². The number of hydrogen-bond acceptors (Lipinski definition) is 6. The summed E-state index contributed by atoms with van der Waals surface area (Å²) in [6.07, 6.45) is 0.938. The first-order chi connectivity index (χ1) is 8.75. The van der Waals surface area contributed by atoms with Crippen LogP contribution in [-0.2, 0) is 0 Å². The molecule has 2 aromatic rings. The van der Waals surface area contributed by atoms with Crippen LogP contribution in [0.15, 0.2) is 30.5 Å². The fourth-order valence-corrected chi connectivity index (χ4v) is 2.24. The van der Waals surface area contributed by atoms with E-state index in [1.54, 1.807) is 0 Å². The first-order valence-electron chi connectivity index (χ1n) is 5.32. The van der Waals surface area contributed by atoms with E-state index in [0.717, 1.165) is 21.0 Å². The van der Waals surface area contributed by atoms with E-state index >= 15 is 0 Å². The fourth-order valence-electron chi connectivity index (χ4n) is 1.29. The van der Waals surface area contributed by atoms with Crippen molar-refractivity contribution in [3.63, 3.8) is 0 Å². The highest BCUT2D eigenvalue weighted by atomic mass is 127. The number of para-hydroxylation sites is 1. The molecule has 18 heavy (non-hydrogen) atoms. The summed E-state index contributed by atoms with van der Waals surface area (Å²) in [5.74, 6) is 0.452. The predicted molar refractivity (Wildman–Crippen MR) is 79.1 cm³/mol. The van der Waals surface area contributed by atoms with Gasteiger partial charge in [0.2, 0.25) is 5.88 Å². The van der Waals surface area contributed by atoms with Gasteiger partial charge in [-0.2, -0.15) is 4.37 Å². The molecule has 0 aliphatic rings. The molecule has 0 fully saturated rings. The van der Waals surface area contributed by atoms with Crippen molar-refractivity contribution in [2.75, 3.05) is 18.5 Å². The topological polar surface area (TPSA) is 67.3 Å². The maximum atomic E-state index is 9.77. The molecule has 0 aliphatic carbocycles. The molecule has 7 heteroatoms. The van der Waals surface area contributed by atoms with Gasteiger partial charge in [-0.3, -0.25) is 0 Å². The number of aliphatic hydroxyl groups excluding tert-OH is 1. The number of aromatic nitrogens is 2. The summed E-state index contributed by atoms with van der Waals surface area (Å²) in [5.41, 5.74) is 1.01. The molecule has 96 valence electrons. The predicted octanol–water partition coefficient (Wildman–Crippen LogP) is 1.99. The van der Waals surface area contributed by atoms with E-state index in [0.29, 0.717) is 12.4 Å². The first-order valence-corrected chi connectivity index (χ1v) is 7.13. The number of ether oxygens (including phenoxy) is 1. The Labute approximate surface area is 123 Å². The highest BCUT2D eigenvalue weighted by Crippen LogP contribution is 2.16. The zero-order valence-corrected chi connectivity index (χ0v) is 12.4. The summed E-state index contributed by atoms with van der Waals surface area (Å²) in [4.78, 5) is 0. The van der Waals surface area contributed by atoms with Crippen molar-refractivity contribution in [2.45, 2.75) is 6.10 Å². The summed E-state index contributed by atoms with van der Waals surface area (Å²) in [5, 5.41) is 12.9. The normalized spacial score (nSPS) is 12.1. The van der Waals surface area contributed by atoms with Gasteiger partial charge in [-0.25, -0.2) is 0 Å². The molecule has 1 heterocycles. The molecule has 0 spiro atoms. The Bertz CT molecular complexity index is 481. The standard InChI is InChI=1S/C11H12IN3O2S/c12-9-3-1-2-4-10(9)13-5-8(16)7-17-11-6-14-18-15-11/h1-4,6,8,13,16H,5,7H2. The van der Waals surface area contributed by atoms with E-state index in [1.165, 1.54) is 6.20 Å². The lowest BCUT2D eigenvalue weighted by Crippen LogP contribution is -2.26. The molecule has 1 aromatic heterocycles. The van der Waals surface area contributed by atoms with Crippen molar-refractivity contribution in [2.24, 2.45) is 0 Å². The van der Waals surface area contributed by atoms with E-state index in [2.05, 4.69) is 36.7 Å². The molecule has 1 unspecified atom stereocenters. The maximum Gasteiger partial charge on any atom is 0.245 e. The van der Waals surface area contributed by atoms with Crippen LogP contribution in [0.1, 0.15) is 0 Å². The monoisotopic (exact) mass is 377 g/mol. The average Bonchev–Trinajstić information content (AvgIpc) is 2.88. The van der Waals surface area contributed by atoms with E-state index in [4.69, 9.17) is 4.74 Å². The van der Waals surface area contributed by atoms with Gasteiger partial charge in [0, 0.05) is 15.8 Å². The van der Waals surface area contributed by atoms with Crippen LogP contribution in [0, 0.1) is 3.57 Å². The molecule has 0 amide bonds. The molecule has 0 saturated heterocycles. The average molecular weight is 377 g/mol. The second kappa shape index (κ2) is 6.86. The number of halogens is 1. The minimum Gasteiger partial charge on any atom is -0.473 e. The molecular formula is C11H12IN3O2S. The second-order valence-electron chi connectivity index (χ2n) is 3.57. The zero-order valence-electron chi connectivity index (χ0n) is 9.41. The molecule has 0 bridgehead atoms. The van der Waals surface area contributed by atoms with Crippen molar-refractivity contribution in [3.05, 3.63) is 34.0 Å². The molecule has 2 N–H and O–H groups in total. The lowest BCUT2D eigenvalue weighted by molar-refractivity contribution is 0.115. The van der Waals surface area contributed by atoms with Crippen LogP contribution in [0.5, 0.6) is 5.88 Å². The lowest BCUT2D eigenvalue weighted by atomic mass is 10.3. The molecule has 0 aliphatic heterocycles. The Morgan fingerprint density at radius 1 is 1.44 bits per heavy atom. The summed E-state index contributed by atoms with van der Waals surface area (Å²) in [7, 11) is 0. The van der Waals surface area contributed by atoms with Gasteiger partial charge < -0.3 is 15.2 Å². The number of anilines is 1. The Balaban J connectivity index is 1.75. The number of benzene rings is 1. The van der Waals surface area contributed by atoms with Crippen LogP contribution in [0.25, 0.3) is 0 Å². The van der Waals surface area contributed by atoms with Gasteiger partial charge in [-0.15, -0.1) is 4.37 Å². The quantitative estimate of drug-likeness (QED) is 0.754. The molecule has 5 nitrogen and oxygen atoms in total. The third-order valence-electron chi connectivity index (χ3n) is 2.17. The van der Waals surface area contributed by atoms with Gasteiger partial charge in [-0.05, 0) is 34.7 Å². The van der Waals surface area contributed by atoms with Crippen LogP contribution in [0.3, 0.4) is 0 Å². The Morgan fingerprint density at radius 3 is 3.00 bits per heavy atom. The summed E-state index contributed by atoms with van der Waals surface area (Å²) in [6, 6.07) is 7.91. The van der Waals surface area contributed by atoms with E-state index in [1.807, 2.05) is 24.3 Å². The van der Waals surface area contributed by atoms with Crippen molar-refractivity contribution >= 4 is 40.0 Å². The zero-order chi connectivity index (χ0) is 12.8. The molecule has 0 radical (unpaired) electrons. The molecule has 0 saturated carbocycles. The van der Waals surface area contributed by atoms with Gasteiger partial charge in [0.1, 0.15) is 18.9 Å². The fraction of sp³-hybridized carbons (Fsp3) is 0.273. The lowest BCUT2D eigenvalue weighted by Gasteiger charge is -2.13. The number of nitrogens with zero attached hydrogens (tertiary/aromatic N) is 2. The van der Waals surface area contributed by atoms with Gasteiger partial charge in [-0.1, -0.05) is 12.1 Å². The number of nitrogens with one attached hydrogen (secondary N) is 1. The smallest absolute Gasteiger partial charge is 0.245 e. The van der Waals surface area contributed by atoms with Crippen molar-refractivity contribution in [3.8, 4) is 5.88 Å². The van der Waals surface area contributed by atoms with Crippen molar-refractivity contribution in [1.29, 1.82) is 0 Å². The molecular weight excluding hydrogens is 365 g/mol. The van der Waals surface area contributed by atoms with Gasteiger partial charge in [0.25, 0.3) is 0 Å². The third-order valence-corrected chi connectivity index (χ3v) is 3.57. The van der Waals surface area contributed by atoms with E-state index in [-0.39, 0.29) is 6.61 Å². The van der Waals surface area contributed by atoms with Crippen molar-refractivity contribution in [1.82, 2.24) is 8.75 Å². The summed E-state index contributed by atoms with van der Waals surface area (Å²) in [6.45, 7) is 0.624. The van der Waals surface area contributed by atoms with Gasteiger partial charge in [0.05, 0.1) is 11.7 Å². The Hall–Kier alpha value is -0.930. The van der Waals surface area contributed by atoms with Crippen LogP contribution in [0.4, 0.5) is 5.69 Å². The third kappa shape index (κ3) is 4.07. The largest absolute Gasteiger partial charge is 0.473 e. The van der Waals surface area contributed by atoms with Gasteiger partial charge in [0.15, 0.2) is 0 Å². The van der Waals surface area contributed by atoms with Crippen LogP contribution in [-0.4, -0.2) is 33.1 Å². The molecule has 1 atom stereocenters. The van der Waals surface area contributed by atoms with E-state index in [9.17, 15) is 5.11 Å². The number of hydrogen-bond donors (Lipinski definition) is 2. The van der Waals surface area contributed by atoms with Crippen LogP contribution in [0.2, 0.25) is 0 Å². The molecule has 2 rings (SSSR count). The second-order valence-corrected chi connectivity index (χ2v) is 5.29.